The van der Waals surface area contributed by atoms with Crippen molar-refractivity contribution >= 4 is 16.6 Å². The molecule has 2 aromatic carbocycles. The molecule has 0 radical (unpaired) electrons. The molecule has 0 saturated heterocycles. The van der Waals surface area contributed by atoms with Crippen molar-refractivity contribution < 1.29 is 4.52 Å². The molecule has 0 unspecified atom stereocenters. The third-order valence-corrected chi connectivity index (χ3v) is 3.93. The number of nitrogens with two attached hydrogens (primary N) is 1. The molecule has 5 heteroatoms. The van der Waals surface area contributed by atoms with E-state index in [4.69, 9.17) is 10.3 Å². The van der Waals surface area contributed by atoms with Crippen LogP contribution >= 0.6 is 0 Å². The first-order valence-electron chi connectivity index (χ1n) is 7.81. The van der Waals surface area contributed by atoms with E-state index in [0.717, 1.165) is 33.3 Å². The first kappa shape index (κ1) is 14.4. The first-order chi connectivity index (χ1) is 11.7. The van der Waals surface area contributed by atoms with Crippen molar-refractivity contribution in [3.63, 3.8) is 0 Å². The van der Waals surface area contributed by atoms with Gasteiger partial charge in [-0.25, -0.2) is 0 Å². The topological polar surface area (TPSA) is 77.8 Å². The number of hydrogen-bond acceptors (Lipinski definition) is 5. The SMILES string of the molecule is CCc1nc(-c2cnc3ccc(-c4cccc(N)c4)cc3c2)no1. The van der Waals surface area contributed by atoms with Crippen molar-refractivity contribution in [1.82, 2.24) is 15.1 Å². The number of aromatic nitrogens is 3. The van der Waals surface area contributed by atoms with E-state index >= 15 is 0 Å². The van der Waals surface area contributed by atoms with Gasteiger partial charge in [0.05, 0.1) is 5.52 Å². The highest BCUT2D eigenvalue weighted by atomic mass is 16.5. The molecule has 0 fully saturated rings. The van der Waals surface area contributed by atoms with Crippen LogP contribution in [0, 0.1) is 0 Å². The van der Waals surface area contributed by atoms with Gasteiger partial charge < -0.3 is 10.3 Å². The number of aryl methyl sites for hydroxylation is 1. The highest BCUT2D eigenvalue weighted by Gasteiger charge is 2.09. The average Bonchev–Trinajstić information content (AvgIpc) is 3.10. The molecule has 0 saturated carbocycles. The zero-order valence-corrected chi connectivity index (χ0v) is 13.2. The Labute approximate surface area is 139 Å². The minimum absolute atomic E-state index is 0.565. The van der Waals surface area contributed by atoms with E-state index in [0.29, 0.717) is 18.1 Å². The van der Waals surface area contributed by atoms with Crippen LogP contribution in [0.4, 0.5) is 5.69 Å². The summed E-state index contributed by atoms with van der Waals surface area (Å²) in [5.41, 5.74) is 10.6. The number of rotatable bonds is 3. The lowest BCUT2D eigenvalue weighted by atomic mass is 10.0. The number of pyridine rings is 1. The summed E-state index contributed by atoms with van der Waals surface area (Å²) >= 11 is 0. The van der Waals surface area contributed by atoms with Gasteiger partial charge in [-0.2, -0.15) is 4.98 Å². The largest absolute Gasteiger partial charge is 0.399 e. The second-order valence-corrected chi connectivity index (χ2v) is 5.62. The monoisotopic (exact) mass is 316 g/mol. The maximum absolute atomic E-state index is 5.88. The van der Waals surface area contributed by atoms with Gasteiger partial charge >= 0.3 is 0 Å². The minimum Gasteiger partial charge on any atom is -0.399 e. The van der Waals surface area contributed by atoms with Crippen LogP contribution in [0.2, 0.25) is 0 Å². The van der Waals surface area contributed by atoms with E-state index in [1.54, 1.807) is 6.20 Å². The molecule has 0 aliphatic rings. The summed E-state index contributed by atoms with van der Waals surface area (Å²) in [5, 5.41) is 5.04. The van der Waals surface area contributed by atoms with Gasteiger partial charge in [-0.1, -0.05) is 30.3 Å². The standard InChI is InChI=1S/C19H16N4O/c1-2-18-22-19(23-24-18)15-9-14-8-13(6-7-17(14)21-11-15)12-4-3-5-16(20)10-12/h3-11H,2,20H2,1H3. The molecule has 24 heavy (non-hydrogen) atoms. The summed E-state index contributed by atoms with van der Waals surface area (Å²) in [4.78, 5) is 8.86. The third-order valence-electron chi connectivity index (χ3n) is 3.93. The van der Waals surface area contributed by atoms with E-state index in [1.807, 2.05) is 49.4 Å². The molecule has 0 bridgehead atoms. The summed E-state index contributed by atoms with van der Waals surface area (Å²) in [6, 6.07) is 16.0. The molecule has 4 aromatic rings. The average molecular weight is 316 g/mol. The van der Waals surface area contributed by atoms with Crippen LogP contribution < -0.4 is 5.73 Å². The summed E-state index contributed by atoms with van der Waals surface area (Å²) in [5.74, 6) is 1.19. The lowest BCUT2D eigenvalue weighted by molar-refractivity contribution is 0.383. The van der Waals surface area contributed by atoms with Gasteiger partial charge in [0.1, 0.15) is 0 Å². The van der Waals surface area contributed by atoms with E-state index < -0.39 is 0 Å². The minimum atomic E-state index is 0.565. The van der Waals surface area contributed by atoms with E-state index in [2.05, 4.69) is 21.2 Å². The Kier molecular flexibility index (Phi) is 3.46. The summed E-state index contributed by atoms with van der Waals surface area (Å²) in [7, 11) is 0. The fourth-order valence-electron chi connectivity index (χ4n) is 2.67. The maximum atomic E-state index is 5.88. The smallest absolute Gasteiger partial charge is 0.226 e. The van der Waals surface area contributed by atoms with Gasteiger partial charge in [-0.15, -0.1) is 0 Å². The molecule has 0 atom stereocenters. The van der Waals surface area contributed by atoms with Crippen molar-refractivity contribution in [2.24, 2.45) is 0 Å². The molecule has 5 nitrogen and oxygen atoms in total. The maximum Gasteiger partial charge on any atom is 0.226 e. The number of anilines is 1. The third kappa shape index (κ3) is 2.60. The summed E-state index contributed by atoms with van der Waals surface area (Å²) < 4.78 is 5.18. The fourth-order valence-corrected chi connectivity index (χ4v) is 2.67. The Hall–Kier alpha value is -3.21. The quantitative estimate of drug-likeness (QED) is 0.576. The lowest BCUT2D eigenvalue weighted by Crippen LogP contribution is -1.88. The molecular formula is C19H16N4O. The van der Waals surface area contributed by atoms with Crippen molar-refractivity contribution in [2.75, 3.05) is 5.73 Å². The van der Waals surface area contributed by atoms with Crippen LogP contribution in [0.1, 0.15) is 12.8 Å². The van der Waals surface area contributed by atoms with Gasteiger partial charge in [-0.3, -0.25) is 4.98 Å². The molecule has 2 N–H and O–H groups in total. The van der Waals surface area contributed by atoms with E-state index in [-0.39, 0.29) is 0 Å². The normalized spacial score (nSPS) is 11.0. The highest BCUT2D eigenvalue weighted by Crippen LogP contribution is 2.27. The first-order valence-corrected chi connectivity index (χ1v) is 7.81. The second-order valence-electron chi connectivity index (χ2n) is 5.62. The molecule has 0 aliphatic heterocycles. The van der Waals surface area contributed by atoms with E-state index in [9.17, 15) is 0 Å². The molecule has 0 aliphatic carbocycles. The number of hydrogen-bond donors (Lipinski definition) is 1. The van der Waals surface area contributed by atoms with Crippen LogP contribution in [-0.4, -0.2) is 15.1 Å². The van der Waals surface area contributed by atoms with Gasteiger partial charge in [0.25, 0.3) is 0 Å². The van der Waals surface area contributed by atoms with Gasteiger partial charge in [-0.05, 0) is 41.5 Å². The summed E-state index contributed by atoms with van der Waals surface area (Å²) in [6.45, 7) is 1.98. The van der Waals surface area contributed by atoms with Crippen molar-refractivity contribution in [2.45, 2.75) is 13.3 Å². The van der Waals surface area contributed by atoms with Crippen LogP contribution in [0.15, 0.2) is 59.3 Å². The molecule has 0 amide bonds. The summed E-state index contributed by atoms with van der Waals surface area (Å²) in [6.07, 6.45) is 2.49. The fraction of sp³-hybridized carbons (Fsp3) is 0.105. The Morgan fingerprint density at radius 2 is 1.83 bits per heavy atom. The predicted molar refractivity (Wildman–Crippen MR) is 94.3 cm³/mol. The number of fused-ring (bicyclic) bond motifs is 1. The molecule has 118 valence electrons. The predicted octanol–water partition coefficient (Wildman–Crippen LogP) is 4.10. The van der Waals surface area contributed by atoms with Crippen molar-refractivity contribution in [3.05, 3.63) is 60.6 Å². The molecular weight excluding hydrogens is 300 g/mol. The number of nitrogens with zero attached hydrogens (tertiary/aromatic N) is 3. The van der Waals surface area contributed by atoms with E-state index in [1.165, 1.54) is 0 Å². The van der Waals surface area contributed by atoms with Crippen LogP contribution in [0.5, 0.6) is 0 Å². The van der Waals surface area contributed by atoms with Gasteiger partial charge in [0, 0.05) is 29.3 Å². The van der Waals surface area contributed by atoms with Crippen LogP contribution in [0.25, 0.3) is 33.4 Å². The van der Waals surface area contributed by atoms with Crippen LogP contribution in [0.3, 0.4) is 0 Å². The second kappa shape index (κ2) is 5.77. The van der Waals surface area contributed by atoms with Crippen LogP contribution in [-0.2, 0) is 6.42 Å². The van der Waals surface area contributed by atoms with Crippen molar-refractivity contribution in [1.29, 1.82) is 0 Å². The zero-order chi connectivity index (χ0) is 16.5. The Balaban J connectivity index is 1.80. The zero-order valence-electron chi connectivity index (χ0n) is 13.2. The molecule has 2 heterocycles. The van der Waals surface area contributed by atoms with Crippen molar-refractivity contribution in [3.8, 4) is 22.5 Å². The lowest BCUT2D eigenvalue weighted by Gasteiger charge is -2.05. The Morgan fingerprint density at radius 1 is 1.00 bits per heavy atom. The Bertz CT molecular complexity index is 1020. The number of benzene rings is 2. The van der Waals surface area contributed by atoms with Gasteiger partial charge in [0.15, 0.2) is 0 Å². The number of nitrogen functional groups attached to an aromatic ring is 1. The molecule has 4 rings (SSSR count). The molecule has 2 aromatic heterocycles. The highest BCUT2D eigenvalue weighted by molar-refractivity contribution is 5.87. The van der Waals surface area contributed by atoms with Gasteiger partial charge in [0.2, 0.25) is 11.7 Å². The Morgan fingerprint density at radius 3 is 2.62 bits per heavy atom. The molecule has 0 spiro atoms.